The van der Waals surface area contributed by atoms with Crippen molar-refractivity contribution in [3.63, 3.8) is 0 Å². The number of carbonyl (C=O) groups is 5. The second-order valence-corrected chi connectivity index (χ2v) is 9.65. The van der Waals surface area contributed by atoms with Gasteiger partial charge in [0.2, 0.25) is 11.8 Å². The van der Waals surface area contributed by atoms with Crippen LogP contribution in [0.25, 0.3) is 0 Å². The number of phenols is 1. The molecule has 1 aromatic carbocycles. The van der Waals surface area contributed by atoms with Gasteiger partial charge in [-0.2, -0.15) is 0 Å². The summed E-state index contributed by atoms with van der Waals surface area (Å²) in [4.78, 5) is 64.9. The van der Waals surface area contributed by atoms with Gasteiger partial charge in [-0.3, -0.25) is 28.9 Å². The van der Waals surface area contributed by atoms with Gasteiger partial charge in [0.15, 0.2) is 11.6 Å². The highest BCUT2D eigenvalue weighted by Gasteiger charge is 2.56. The zero-order valence-corrected chi connectivity index (χ0v) is 19.2. The highest BCUT2D eigenvalue weighted by Crippen LogP contribution is 2.55. The second kappa shape index (κ2) is 8.45. The number of likely N-dealkylation sites (tertiary alicyclic amines) is 1. The van der Waals surface area contributed by atoms with Crippen LogP contribution in [0.2, 0.25) is 0 Å². The highest BCUT2D eigenvalue weighted by atomic mass is 16.4. The molecule has 1 heterocycles. The normalized spacial score (nSPS) is 27.9. The Morgan fingerprint density at radius 3 is 2.46 bits per heavy atom. The van der Waals surface area contributed by atoms with Crippen LogP contribution in [0.4, 0.5) is 0 Å². The van der Waals surface area contributed by atoms with Crippen LogP contribution in [0.5, 0.6) is 5.75 Å². The van der Waals surface area contributed by atoms with E-state index in [0.717, 1.165) is 11.1 Å². The Morgan fingerprint density at radius 1 is 1.06 bits per heavy atom. The first-order valence-corrected chi connectivity index (χ1v) is 11.7. The van der Waals surface area contributed by atoms with Gasteiger partial charge < -0.3 is 10.2 Å². The summed E-state index contributed by atoms with van der Waals surface area (Å²) in [6, 6.07) is 6.47. The number of nitrogens with zero attached hydrogens (tertiary/aromatic N) is 1. The molecule has 0 unspecified atom stereocenters. The van der Waals surface area contributed by atoms with E-state index in [1.807, 2.05) is 6.08 Å². The van der Waals surface area contributed by atoms with Gasteiger partial charge in [-0.05, 0) is 55.9 Å². The molecule has 0 bridgehead atoms. The number of phenolic OH excluding ortho intramolecular Hbond substituents is 1. The lowest BCUT2D eigenvalue weighted by Gasteiger charge is -2.42. The maximum Gasteiger partial charge on any atom is 0.303 e. The molecule has 8 nitrogen and oxygen atoms in total. The molecule has 0 radical (unpaired) electrons. The summed E-state index contributed by atoms with van der Waals surface area (Å²) < 4.78 is 0. The number of imide groups is 1. The Kier molecular flexibility index (Phi) is 5.54. The molecule has 1 aliphatic heterocycles. The van der Waals surface area contributed by atoms with Crippen molar-refractivity contribution in [2.45, 2.75) is 38.5 Å². The number of allylic oxidation sites excluding steroid dienone is 6. The zero-order valence-electron chi connectivity index (χ0n) is 19.2. The number of amides is 2. The Labute approximate surface area is 201 Å². The van der Waals surface area contributed by atoms with E-state index in [1.165, 1.54) is 23.1 Å². The quantitative estimate of drug-likeness (QED) is 0.381. The number of carbonyl (C=O) groups excluding carboxylic acids is 4. The summed E-state index contributed by atoms with van der Waals surface area (Å²) in [7, 11) is 0. The number of carboxylic acid groups (broad SMARTS) is 1. The number of ketones is 2. The fraction of sp³-hybridized carbons (Fsp3) is 0.370. The van der Waals surface area contributed by atoms with Crippen LogP contribution in [0, 0.1) is 17.8 Å². The van der Waals surface area contributed by atoms with Gasteiger partial charge in [-0.1, -0.05) is 23.8 Å². The molecule has 180 valence electrons. The molecule has 4 atom stereocenters. The van der Waals surface area contributed by atoms with E-state index < -0.39 is 29.6 Å². The minimum atomic E-state index is -0.988. The predicted octanol–water partition coefficient (Wildman–Crippen LogP) is 2.69. The molecular formula is C27H25NO7. The lowest BCUT2D eigenvalue weighted by Crippen LogP contribution is -2.39. The first-order valence-electron chi connectivity index (χ1n) is 11.7. The van der Waals surface area contributed by atoms with Crippen molar-refractivity contribution in [2.75, 3.05) is 6.54 Å². The second-order valence-electron chi connectivity index (χ2n) is 9.65. The molecule has 1 aromatic rings. The van der Waals surface area contributed by atoms with Crippen molar-refractivity contribution in [3.05, 3.63) is 64.3 Å². The summed E-state index contributed by atoms with van der Waals surface area (Å²) >= 11 is 0. The number of hydrogen-bond acceptors (Lipinski definition) is 6. The van der Waals surface area contributed by atoms with E-state index in [2.05, 4.69) is 0 Å². The van der Waals surface area contributed by atoms with Crippen molar-refractivity contribution in [3.8, 4) is 5.75 Å². The molecule has 35 heavy (non-hydrogen) atoms. The molecule has 2 N–H and O–H groups in total. The zero-order chi connectivity index (χ0) is 25.0. The van der Waals surface area contributed by atoms with Crippen molar-refractivity contribution in [1.29, 1.82) is 0 Å². The lowest BCUT2D eigenvalue weighted by molar-refractivity contribution is -0.142. The lowest BCUT2D eigenvalue weighted by atomic mass is 9.59. The SMILES string of the molecule is CC1=CC(=O)C2=C(C[C@@H]3C(=CC[C@@H]4C(=O)N(CCCC(=O)O)C(=O)[C@@H]43)[C@@H]2c2ccc(O)cc2)C1=O. The number of hydrogen-bond donors (Lipinski definition) is 2. The average molecular weight is 475 g/mol. The van der Waals surface area contributed by atoms with Crippen LogP contribution in [-0.2, 0) is 24.0 Å². The Morgan fingerprint density at radius 2 is 1.77 bits per heavy atom. The third-order valence-electron chi connectivity index (χ3n) is 7.65. The summed E-state index contributed by atoms with van der Waals surface area (Å²) in [5.74, 6) is -4.20. The maximum absolute atomic E-state index is 13.5. The number of rotatable bonds is 5. The fourth-order valence-electron chi connectivity index (χ4n) is 6.10. The number of aliphatic carboxylic acids is 1. The van der Waals surface area contributed by atoms with Crippen LogP contribution in [0.15, 0.2) is 58.7 Å². The van der Waals surface area contributed by atoms with Gasteiger partial charge in [0, 0.05) is 35.6 Å². The topological polar surface area (TPSA) is 129 Å². The molecule has 1 saturated heterocycles. The largest absolute Gasteiger partial charge is 0.508 e. The number of aromatic hydroxyl groups is 1. The van der Waals surface area contributed by atoms with Crippen molar-refractivity contribution >= 4 is 29.4 Å². The number of carboxylic acids is 1. The van der Waals surface area contributed by atoms with E-state index in [-0.39, 0.29) is 54.9 Å². The molecule has 2 amide bonds. The van der Waals surface area contributed by atoms with Crippen LogP contribution in [0.3, 0.4) is 0 Å². The van der Waals surface area contributed by atoms with Gasteiger partial charge in [0.1, 0.15) is 5.75 Å². The van der Waals surface area contributed by atoms with E-state index >= 15 is 0 Å². The van der Waals surface area contributed by atoms with Gasteiger partial charge in [0.05, 0.1) is 11.8 Å². The van der Waals surface area contributed by atoms with Crippen molar-refractivity contribution in [2.24, 2.45) is 17.8 Å². The van der Waals surface area contributed by atoms with E-state index in [9.17, 15) is 29.1 Å². The Hall–Kier alpha value is -3.81. The van der Waals surface area contributed by atoms with E-state index in [4.69, 9.17) is 5.11 Å². The van der Waals surface area contributed by atoms with Gasteiger partial charge in [0.25, 0.3) is 0 Å². The average Bonchev–Trinajstić information content (AvgIpc) is 3.06. The van der Waals surface area contributed by atoms with Crippen LogP contribution in [-0.4, -0.2) is 51.0 Å². The molecule has 0 spiro atoms. The van der Waals surface area contributed by atoms with Crippen molar-refractivity contribution < 1.29 is 34.2 Å². The van der Waals surface area contributed by atoms with Crippen LogP contribution in [0.1, 0.15) is 44.1 Å². The Bertz CT molecular complexity index is 1270. The van der Waals surface area contributed by atoms with Gasteiger partial charge in [-0.15, -0.1) is 0 Å². The summed E-state index contributed by atoms with van der Waals surface area (Å²) in [5.41, 5.74) is 2.72. The van der Waals surface area contributed by atoms with Gasteiger partial charge >= 0.3 is 5.97 Å². The third-order valence-corrected chi connectivity index (χ3v) is 7.65. The first kappa shape index (κ1) is 23.0. The first-order chi connectivity index (χ1) is 16.7. The number of fused-ring (bicyclic) bond motifs is 3. The molecule has 1 fully saturated rings. The summed E-state index contributed by atoms with van der Waals surface area (Å²) in [6.07, 6.45) is 3.87. The number of benzene rings is 1. The van der Waals surface area contributed by atoms with Gasteiger partial charge in [-0.25, -0.2) is 0 Å². The molecule has 8 heteroatoms. The van der Waals surface area contributed by atoms with Crippen LogP contribution < -0.4 is 0 Å². The summed E-state index contributed by atoms with van der Waals surface area (Å²) in [6.45, 7) is 1.65. The maximum atomic E-state index is 13.5. The molecule has 5 rings (SSSR count). The predicted molar refractivity (Wildman–Crippen MR) is 123 cm³/mol. The fourth-order valence-corrected chi connectivity index (χ4v) is 6.10. The van der Waals surface area contributed by atoms with Crippen molar-refractivity contribution in [1.82, 2.24) is 4.90 Å². The van der Waals surface area contributed by atoms with E-state index in [1.54, 1.807) is 19.1 Å². The van der Waals surface area contributed by atoms with E-state index in [0.29, 0.717) is 23.1 Å². The number of Topliss-reactive ketones (excluding diaryl/α,β-unsaturated/α-hetero) is 1. The molecular weight excluding hydrogens is 450 g/mol. The monoisotopic (exact) mass is 475 g/mol. The molecule has 0 saturated carbocycles. The minimum absolute atomic E-state index is 0.0492. The van der Waals surface area contributed by atoms with Crippen LogP contribution >= 0.6 is 0 Å². The Balaban J connectivity index is 1.57. The molecule has 4 aliphatic rings. The third kappa shape index (κ3) is 3.64. The molecule has 3 aliphatic carbocycles. The standard InChI is InChI=1S/C27H25NO7/c1-13-11-20(30)24-19(25(13)33)12-18-16(22(24)14-4-6-15(29)7-5-14)8-9-17-23(18)27(35)28(26(17)34)10-2-3-21(31)32/h4-8,11,17-18,22-23,29H,2-3,9-10,12H2,1H3,(H,31,32)/t17-,18+,22-,23-/m0/s1. The smallest absolute Gasteiger partial charge is 0.303 e. The summed E-state index contributed by atoms with van der Waals surface area (Å²) in [5, 5.41) is 18.7. The minimum Gasteiger partial charge on any atom is -0.508 e. The molecule has 0 aromatic heterocycles. The highest BCUT2D eigenvalue weighted by molar-refractivity contribution is 6.23.